The van der Waals surface area contributed by atoms with Crippen LogP contribution in [0.25, 0.3) is 0 Å². The molecule has 2 amide bonds. The zero-order valence-electron chi connectivity index (χ0n) is 17.5. The highest BCUT2D eigenvalue weighted by molar-refractivity contribution is 5.94. The van der Waals surface area contributed by atoms with Crippen LogP contribution >= 0.6 is 0 Å². The number of likely N-dealkylation sites (tertiary alicyclic amines) is 1. The van der Waals surface area contributed by atoms with E-state index >= 15 is 0 Å². The van der Waals surface area contributed by atoms with Gasteiger partial charge in [0.25, 0.3) is 11.8 Å². The van der Waals surface area contributed by atoms with Crippen molar-refractivity contribution < 1.29 is 14.3 Å². The largest absolute Gasteiger partial charge is 0.378 e. The SMILES string of the molecule is CN(C)c1ccc(C(=O)N2CCC3(CC2)CC(NC(=O)c2ccccn2)CO3)cc1. The third-order valence-corrected chi connectivity index (χ3v) is 6.03. The number of pyridine rings is 1. The second-order valence-electron chi connectivity index (χ2n) is 8.32. The maximum atomic E-state index is 12.9. The quantitative estimate of drug-likeness (QED) is 0.841. The molecule has 1 spiro atoms. The number of piperidine rings is 1. The molecule has 1 atom stereocenters. The summed E-state index contributed by atoms with van der Waals surface area (Å²) in [4.78, 5) is 33.2. The predicted molar refractivity (Wildman–Crippen MR) is 115 cm³/mol. The van der Waals surface area contributed by atoms with E-state index < -0.39 is 0 Å². The summed E-state index contributed by atoms with van der Waals surface area (Å²) < 4.78 is 6.13. The van der Waals surface area contributed by atoms with E-state index in [2.05, 4.69) is 10.3 Å². The Labute approximate surface area is 177 Å². The maximum absolute atomic E-state index is 12.9. The molecule has 1 N–H and O–H groups in total. The smallest absolute Gasteiger partial charge is 0.270 e. The minimum atomic E-state index is -0.256. The van der Waals surface area contributed by atoms with E-state index in [0.29, 0.717) is 31.0 Å². The summed E-state index contributed by atoms with van der Waals surface area (Å²) in [7, 11) is 3.96. The van der Waals surface area contributed by atoms with Gasteiger partial charge in [-0.15, -0.1) is 0 Å². The molecule has 158 valence electrons. The molecule has 2 aliphatic rings. The van der Waals surface area contributed by atoms with Crippen LogP contribution in [-0.4, -0.2) is 67.1 Å². The van der Waals surface area contributed by atoms with Crippen LogP contribution in [0.3, 0.4) is 0 Å². The van der Waals surface area contributed by atoms with Gasteiger partial charge in [0.05, 0.1) is 18.2 Å². The fraction of sp³-hybridized carbons (Fsp3) is 0.435. The van der Waals surface area contributed by atoms with Crippen molar-refractivity contribution >= 4 is 17.5 Å². The zero-order chi connectivity index (χ0) is 21.1. The minimum Gasteiger partial charge on any atom is -0.378 e. The van der Waals surface area contributed by atoms with Gasteiger partial charge in [0.1, 0.15) is 5.69 Å². The van der Waals surface area contributed by atoms with Crippen molar-refractivity contribution in [3.8, 4) is 0 Å². The van der Waals surface area contributed by atoms with E-state index in [1.165, 1.54) is 0 Å². The Morgan fingerprint density at radius 1 is 1.13 bits per heavy atom. The number of ether oxygens (including phenoxy) is 1. The lowest BCUT2D eigenvalue weighted by atomic mass is 9.87. The molecule has 30 heavy (non-hydrogen) atoms. The zero-order valence-corrected chi connectivity index (χ0v) is 17.5. The molecule has 3 heterocycles. The lowest BCUT2D eigenvalue weighted by Crippen LogP contribution is -2.47. The van der Waals surface area contributed by atoms with Crippen molar-refractivity contribution in [2.45, 2.75) is 30.9 Å². The summed E-state index contributed by atoms with van der Waals surface area (Å²) in [5, 5.41) is 3.03. The lowest BCUT2D eigenvalue weighted by molar-refractivity contribution is -0.0389. The van der Waals surface area contributed by atoms with Crippen LogP contribution in [0.4, 0.5) is 5.69 Å². The van der Waals surface area contributed by atoms with Gasteiger partial charge in [-0.05, 0) is 55.7 Å². The van der Waals surface area contributed by atoms with Crippen LogP contribution in [0.5, 0.6) is 0 Å². The van der Waals surface area contributed by atoms with E-state index in [0.717, 1.165) is 24.9 Å². The van der Waals surface area contributed by atoms with Gasteiger partial charge in [0, 0.05) is 44.6 Å². The molecule has 7 heteroatoms. The summed E-state index contributed by atoms with van der Waals surface area (Å²) in [6, 6.07) is 13.0. The number of rotatable bonds is 4. The van der Waals surface area contributed by atoms with Crippen molar-refractivity contribution in [1.29, 1.82) is 0 Å². The Morgan fingerprint density at radius 2 is 1.87 bits per heavy atom. The highest BCUT2D eigenvalue weighted by atomic mass is 16.5. The van der Waals surface area contributed by atoms with Gasteiger partial charge in [-0.3, -0.25) is 14.6 Å². The molecule has 1 aromatic carbocycles. The first-order valence-corrected chi connectivity index (χ1v) is 10.4. The molecule has 0 aliphatic carbocycles. The van der Waals surface area contributed by atoms with Gasteiger partial charge in [-0.1, -0.05) is 6.07 Å². The summed E-state index contributed by atoms with van der Waals surface area (Å²) >= 11 is 0. The molecule has 2 saturated heterocycles. The molecule has 2 aromatic rings. The van der Waals surface area contributed by atoms with Gasteiger partial charge in [0.2, 0.25) is 0 Å². The monoisotopic (exact) mass is 408 g/mol. The van der Waals surface area contributed by atoms with Gasteiger partial charge >= 0.3 is 0 Å². The van der Waals surface area contributed by atoms with Gasteiger partial charge < -0.3 is 19.9 Å². The Hall–Kier alpha value is -2.93. The fourth-order valence-electron chi connectivity index (χ4n) is 4.24. The Balaban J connectivity index is 1.31. The molecule has 1 unspecified atom stereocenters. The highest BCUT2D eigenvalue weighted by Gasteiger charge is 2.44. The average molecular weight is 409 g/mol. The van der Waals surface area contributed by atoms with Crippen molar-refractivity contribution in [3.63, 3.8) is 0 Å². The van der Waals surface area contributed by atoms with Crippen LogP contribution in [0.1, 0.15) is 40.1 Å². The van der Waals surface area contributed by atoms with Crippen LogP contribution in [0.15, 0.2) is 48.7 Å². The molecule has 1 aromatic heterocycles. The van der Waals surface area contributed by atoms with E-state index in [1.54, 1.807) is 24.4 Å². The first kappa shape index (κ1) is 20.3. The van der Waals surface area contributed by atoms with Crippen molar-refractivity contribution in [3.05, 3.63) is 59.9 Å². The van der Waals surface area contributed by atoms with Crippen molar-refractivity contribution in [2.24, 2.45) is 0 Å². The number of carbonyl (C=O) groups excluding carboxylic acids is 2. The molecular formula is C23H28N4O3. The minimum absolute atomic E-state index is 0.0275. The summed E-state index contributed by atoms with van der Waals surface area (Å²) in [6.45, 7) is 1.82. The number of nitrogens with one attached hydrogen (secondary N) is 1. The normalized spacial score (nSPS) is 20.2. The summed E-state index contributed by atoms with van der Waals surface area (Å²) in [6.07, 6.45) is 3.95. The molecule has 0 bridgehead atoms. The Bertz CT molecular complexity index is 890. The number of aromatic nitrogens is 1. The first-order valence-electron chi connectivity index (χ1n) is 10.4. The molecule has 2 fully saturated rings. The number of hydrogen-bond acceptors (Lipinski definition) is 5. The van der Waals surface area contributed by atoms with E-state index in [1.807, 2.05) is 48.2 Å². The first-order chi connectivity index (χ1) is 14.5. The van der Waals surface area contributed by atoms with Gasteiger partial charge in [-0.2, -0.15) is 0 Å². The fourth-order valence-corrected chi connectivity index (χ4v) is 4.24. The van der Waals surface area contributed by atoms with E-state index in [9.17, 15) is 9.59 Å². The molecule has 0 radical (unpaired) electrons. The average Bonchev–Trinajstić information content (AvgIpc) is 3.16. The molecular weight excluding hydrogens is 380 g/mol. The summed E-state index contributed by atoms with van der Waals surface area (Å²) in [5.41, 5.74) is 1.94. The standard InChI is InChI=1S/C23H28N4O3/c1-26(2)19-8-6-17(7-9-19)22(29)27-13-10-23(11-14-27)15-18(16-30-23)25-21(28)20-5-3-4-12-24-20/h3-9,12,18H,10-11,13-16H2,1-2H3,(H,25,28). The van der Waals surface area contributed by atoms with Crippen LogP contribution in [-0.2, 0) is 4.74 Å². The second kappa shape index (κ2) is 8.44. The molecule has 4 rings (SSSR count). The van der Waals surface area contributed by atoms with E-state index in [4.69, 9.17) is 4.74 Å². The van der Waals surface area contributed by atoms with Gasteiger partial charge in [-0.25, -0.2) is 0 Å². The van der Waals surface area contributed by atoms with Gasteiger partial charge in [0.15, 0.2) is 0 Å². The third kappa shape index (κ3) is 4.31. The van der Waals surface area contributed by atoms with Crippen LogP contribution in [0.2, 0.25) is 0 Å². The lowest BCUT2D eigenvalue weighted by Gasteiger charge is -2.38. The Kier molecular flexibility index (Phi) is 5.72. The maximum Gasteiger partial charge on any atom is 0.270 e. The number of anilines is 1. The number of nitrogens with zero attached hydrogens (tertiary/aromatic N) is 3. The van der Waals surface area contributed by atoms with Crippen molar-refractivity contribution in [2.75, 3.05) is 38.7 Å². The second-order valence-corrected chi connectivity index (χ2v) is 8.32. The van der Waals surface area contributed by atoms with E-state index in [-0.39, 0.29) is 23.5 Å². The van der Waals surface area contributed by atoms with Crippen molar-refractivity contribution in [1.82, 2.24) is 15.2 Å². The number of amides is 2. The van der Waals surface area contributed by atoms with Crippen LogP contribution in [0, 0.1) is 0 Å². The number of carbonyl (C=O) groups is 2. The Morgan fingerprint density at radius 3 is 2.50 bits per heavy atom. The molecule has 0 saturated carbocycles. The number of benzene rings is 1. The van der Waals surface area contributed by atoms with Crippen LogP contribution < -0.4 is 10.2 Å². The number of hydrogen-bond donors (Lipinski definition) is 1. The predicted octanol–water partition coefficient (Wildman–Crippen LogP) is 2.34. The molecule has 2 aliphatic heterocycles. The highest BCUT2D eigenvalue weighted by Crippen LogP contribution is 2.36. The topological polar surface area (TPSA) is 74.8 Å². The third-order valence-electron chi connectivity index (χ3n) is 6.03. The molecule has 7 nitrogen and oxygen atoms in total. The summed E-state index contributed by atoms with van der Waals surface area (Å²) in [5.74, 6) is -0.108.